The normalized spacial score (nSPS) is 11.9. The minimum absolute atomic E-state index is 0.0829. The van der Waals surface area contributed by atoms with Gasteiger partial charge in [0.05, 0.1) is 5.56 Å². The second-order valence-electron chi connectivity index (χ2n) is 3.81. The standard InChI is InChI=1S/C12H14FNO5/c1-19-5-4-9(12(17)18)14-11(16)8-3-2-7(13)6-10(8)15/h2-3,6,9,15H,4-5H2,1H3,(H,14,16)(H,17,18). The molecule has 104 valence electrons. The number of ether oxygens (including phenoxy) is 1. The summed E-state index contributed by atoms with van der Waals surface area (Å²) in [7, 11) is 1.41. The van der Waals surface area contributed by atoms with Gasteiger partial charge in [0, 0.05) is 26.2 Å². The van der Waals surface area contributed by atoms with Gasteiger partial charge in [0.1, 0.15) is 17.6 Å². The van der Waals surface area contributed by atoms with Crippen molar-refractivity contribution >= 4 is 11.9 Å². The highest BCUT2D eigenvalue weighted by Gasteiger charge is 2.21. The molecule has 1 aromatic rings. The number of phenolic OH excluding ortho intramolecular Hbond substituents is 1. The minimum Gasteiger partial charge on any atom is -0.507 e. The SMILES string of the molecule is COCCC(NC(=O)c1ccc(F)cc1O)C(=O)O. The monoisotopic (exact) mass is 271 g/mol. The Balaban J connectivity index is 2.78. The fraction of sp³-hybridized carbons (Fsp3) is 0.333. The van der Waals surface area contributed by atoms with E-state index in [1.807, 2.05) is 0 Å². The number of carbonyl (C=O) groups excluding carboxylic acids is 1. The van der Waals surface area contributed by atoms with E-state index >= 15 is 0 Å². The van der Waals surface area contributed by atoms with Crippen LogP contribution in [0.1, 0.15) is 16.8 Å². The van der Waals surface area contributed by atoms with Gasteiger partial charge in [-0.15, -0.1) is 0 Å². The first-order chi connectivity index (χ1) is 8.95. The number of aliphatic carboxylic acids is 1. The number of carboxylic acid groups (broad SMARTS) is 1. The summed E-state index contributed by atoms with van der Waals surface area (Å²) in [6, 6.07) is 1.71. The number of carboxylic acids is 1. The first-order valence-corrected chi connectivity index (χ1v) is 5.46. The first kappa shape index (κ1) is 14.9. The lowest BCUT2D eigenvalue weighted by molar-refractivity contribution is -0.139. The molecule has 1 rings (SSSR count). The quantitative estimate of drug-likeness (QED) is 0.709. The lowest BCUT2D eigenvalue weighted by atomic mass is 10.1. The molecule has 1 amide bonds. The van der Waals surface area contributed by atoms with Gasteiger partial charge in [0.2, 0.25) is 0 Å². The maximum absolute atomic E-state index is 12.8. The largest absolute Gasteiger partial charge is 0.507 e. The molecule has 0 bridgehead atoms. The van der Waals surface area contributed by atoms with Crippen molar-refractivity contribution in [3.05, 3.63) is 29.6 Å². The number of phenols is 1. The number of hydrogen-bond acceptors (Lipinski definition) is 4. The Morgan fingerprint density at radius 1 is 1.47 bits per heavy atom. The number of hydrogen-bond donors (Lipinski definition) is 3. The molecule has 1 aromatic carbocycles. The van der Waals surface area contributed by atoms with Gasteiger partial charge < -0.3 is 20.3 Å². The van der Waals surface area contributed by atoms with Crippen LogP contribution in [0.3, 0.4) is 0 Å². The number of benzene rings is 1. The Kier molecular flexibility index (Phi) is 5.25. The van der Waals surface area contributed by atoms with Gasteiger partial charge in [-0.3, -0.25) is 4.79 Å². The smallest absolute Gasteiger partial charge is 0.326 e. The molecule has 1 unspecified atom stereocenters. The summed E-state index contributed by atoms with van der Waals surface area (Å²) in [6.45, 7) is 0.159. The molecule has 0 aliphatic carbocycles. The molecule has 3 N–H and O–H groups in total. The number of methoxy groups -OCH3 is 1. The molecule has 0 aliphatic heterocycles. The molecule has 0 saturated heterocycles. The number of rotatable bonds is 6. The van der Waals surface area contributed by atoms with Crippen LogP contribution < -0.4 is 5.32 Å². The van der Waals surface area contributed by atoms with Gasteiger partial charge in [0.25, 0.3) is 5.91 Å². The summed E-state index contributed by atoms with van der Waals surface area (Å²) in [5, 5.41) is 20.6. The minimum atomic E-state index is -1.22. The zero-order chi connectivity index (χ0) is 14.4. The van der Waals surface area contributed by atoms with E-state index in [0.29, 0.717) is 0 Å². The Labute approximate surface area is 108 Å². The van der Waals surface area contributed by atoms with Crippen molar-refractivity contribution < 1.29 is 28.9 Å². The third-order valence-electron chi connectivity index (χ3n) is 2.42. The third kappa shape index (κ3) is 4.22. The van der Waals surface area contributed by atoms with E-state index in [-0.39, 0.29) is 18.6 Å². The van der Waals surface area contributed by atoms with Crippen LogP contribution >= 0.6 is 0 Å². The van der Waals surface area contributed by atoms with E-state index in [1.165, 1.54) is 7.11 Å². The zero-order valence-corrected chi connectivity index (χ0v) is 10.2. The molecule has 0 spiro atoms. The maximum Gasteiger partial charge on any atom is 0.326 e. The molecule has 0 saturated carbocycles. The molecule has 0 heterocycles. The highest BCUT2D eigenvalue weighted by Crippen LogP contribution is 2.18. The van der Waals surface area contributed by atoms with Crippen molar-refractivity contribution in [3.63, 3.8) is 0 Å². The van der Waals surface area contributed by atoms with E-state index < -0.39 is 29.5 Å². The molecule has 1 atom stereocenters. The van der Waals surface area contributed by atoms with E-state index in [0.717, 1.165) is 18.2 Å². The predicted molar refractivity (Wildman–Crippen MR) is 63.4 cm³/mol. The molecule has 6 nitrogen and oxygen atoms in total. The molecular formula is C12H14FNO5. The van der Waals surface area contributed by atoms with Crippen LogP contribution in [0, 0.1) is 5.82 Å². The molecule has 0 aliphatic rings. The predicted octanol–water partition coefficient (Wildman–Crippen LogP) is 0.751. The van der Waals surface area contributed by atoms with Gasteiger partial charge in [-0.1, -0.05) is 0 Å². The van der Waals surface area contributed by atoms with Gasteiger partial charge in [0.15, 0.2) is 0 Å². The molecule has 0 fully saturated rings. The highest BCUT2D eigenvalue weighted by atomic mass is 19.1. The molecular weight excluding hydrogens is 257 g/mol. The van der Waals surface area contributed by atoms with E-state index in [9.17, 15) is 19.1 Å². The second kappa shape index (κ2) is 6.69. The number of halogens is 1. The summed E-state index contributed by atoms with van der Waals surface area (Å²) >= 11 is 0. The maximum atomic E-state index is 12.8. The average molecular weight is 271 g/mol. The highest BCUT2D eigenvalue weighted by molar-refractivity contribution is 5.98. The Morgan fingerprint density at radius 2 is 2.16 bits per heavy atom. The fourth-order valence-electron chi connectivity index (χ4n) is 1.43. The van der Waals surface area contributed by atoms with E-state index in [2.05, 4.69) is 5.32 Å². The Bertz CT molecular complexity index is 477. The van der Waals surface area contributed by atoms with Crippen LogP contribution in [0.2, 0.25) is 0 Å². The van der Waals surface area contributed by atoms with Crippen LogP contribution in [-0.2, 0) is 9.53 Å². The van der Waals surface area contributed by atoms with Gasteiger partial charge >= 0.3 is 5.97 Å². The summed E-state index contributed by atoms with van der Waals surface area (Å²) in [4.78, 5) is 22.7. The van der Waals surface area contributed by atoms with Crippen molar-refractivity contribution in [2.24, 2.45) is 0 Å². The zero-order valence-electron chi connectivity index (χ0n) is 10.2. The lowest BCUT2D eigenvalue weighted by Gasteiger charge is -2.14. The van der Waals surface area contributed by atoms with Crippen LogP contribution in [0.4, 0.5) is 4.39 Å². The van der Waals surface area contributed by atoms with Crippen molar-refractivity contribution in [1.29, 1.82) is 0 Å². The van der Waals surface area contributed by atoms with Crippen LogP contribution in [-0.4, -0.2) is 41.8 Å². The molecule has 0 radical (unpaired) electrons. The van der Waals surface area contributed by atoms with Crippen molar-refractivity contribution in [2.75, 3.05) is 13.7 Å². The van der Waals surface area contributed by atoms with Gasteiger partial charge in [-0.2, -0.15) is 0 Å². The van der Waals surface area contributed by atoms with Crippen molar-refractivity contribution in [3.8, 4) is 5.75 Å². The van der Waals surface area contributed by atoms with Crippen molar-refractivity contribution in [1.82, 2.24) is 5.32 Å². The molecule has 19 heavy (non-hydrogen) atoms. The first-order valence-electron chi connectivity index (χ1n) is 5.46. The summed E-state index contributed by atoms with van der Waals surface area (Å²) in [6.07, 6.45) is 0.0829. The number of amides is 1. The number of carbonyl (C=O) groups is 2. The lowest BCUT2D eigenvalue weighted by Crippen LogP contribution is -2.41. The second-order valence-corrected chi connectivity index (χ2v) is 3.81. The molecule has 0 aromatic heterocycles. The van der Waals surface area contributed by atoms with Crippen molar-refractivity contribution in [2.45, 2.75) is 12.5 Å². The number of aromatic hydroxyl groups is 1. The Morgan fingerprint density at radius 3 is 2.68 bits per heavy atom. The summed E-state index contributed by atoms with van der Waals surface area (Å²) < 4.78 is 17.5. The van der Waals surface area contributed by atoms with E-state index in [1.54, 1.807) is 0 Å². The number of nitrogens with one attached hydrogen (secondary N) is 1. The van der Waals surface area contributed by atoms with E-state index in [4.69, 9.17) is 9.84 Å². The topological polar surface area (TPSA) is 95.9 Å². The third-order valence-corrected chi connectivity index (χ3v) is 2.42. The Hall–Kier alpha value is -2.15. The fourth-order valence-corrected chi connectivity index (χ4v) is 1.43. The van der Waals surface area contributed by atoms with Crippen LogP contribution in [0.25, 0.3) is 0 Å². The summed E-state index contributed by atoms with van der Waals surface area (Å²) in [5.74, 6) is -3.25. The summed E-state index contributed by atoms with van der Waals surface area (Å²) in [5.41, 5.74) is -0.190. The molecule has 7 heteroatoms. The van der Waals surface area contributed by atoms with Gasteiger partial charge in [-0.25, -0.2) is 9.18 Å². The van der Waals surface area contributed by atoms with Gasteiger partial charge in [-0.05, 0) is 12.1 Å². The average Bonchev–Trinajstić information content (AvgIpc) is 2.33. The van der Waals surface area contributed by atoms with Crippen LogP contribution in [0.5, 0.6) is 5.75 Å². The van der Waals surface area contributed by atoms with Crippen LogP contribution in [0.15, 0.2) is 18.2 Å².